The van der Waals surface area contributed by atoms with Crippen molar-refractivity contribution in [3.63, 3.8) is 0 Å². The van der Waals surface area contributed by atoms with Gasteiger partial charge in [0.05, 0.1) is 39.2 Å². The van der Waals surface area contributed by atoms with Crippen LogP contribution in [-0.2, 0) is 26.4 Å². The van der Waals surface area contributed by atoms with Crippen LogP contribution in [0.25, 0.3) is 10.9 Å². The van der Waals surface area contributed by atoms with Gasteiger partial charge in [0.15, 0.2) is 0 Å². The number of piperidine rings is 1. The maximum Gasteiger partial charge on any atom is 0.411 e. The maximum absolute atomic E-state index is 13.3. The minimum Gasteiger partial charge on any atom is -0.506 e. The largest absolute Gasteiger partial charge is 0.506 e. The van der Waals surface area contributed by atoms with Crippen molar-refractivity contribution < 1.29 is 39.1 Å². The Hall–Kier alpha value is -4.48. The molecule has 1 saturated carbocycles. The molecule has 13 nitrogen and oxygen atoms in total. The zero-order valence-electron chi connectivity index (χ0n) is 30.6. The molecule has 7 rings (SSSR count). The molecule has 2 aromatic carbocycles. The average molecular weight is 823 g/mol. The first-order valence-corrected chi connectivity index (χ1v) is 20.4. The molecule has 1 aliphatic carbocycles. The molecule has 16 heteroatoms. The lowest BCUT2D eigenvalue weighted by Gasteiger charge is -2.51. The number of aromatic nitrogens is 1. The lowest BCUT2D eigenvalue weighted by atomic mass is 9.61. The smallest absolute Gasteiger partial charge is 0.411 e. The van der Waals surface area contributed by atoms with E-state index < -0.39 is 23.8 Å². The molecule has 0 radical (unpaired) electrons. The number of likely N-dealkylation sites (tertiary alicyclic amines) is 1. The number of pyridine rings is 1. The Morgan fingerprint density at radius 3 is 2.45 bits per heavy atom. The summed E-state index contributed by atoms with van der Waals surface area (Å²) in [5.41, 5.74) is -0.245. The van der Waals surface area contributed by atoms with Gasteiger partial charge in [0, 0.05) is 42.7 Å². The molecule has 2 fully saturated rings. The lowest BCUT2D eigenvalue weighted by molar-refractivity contribution is -0.181. The number of ether oxygens (including phenoxy) is 3. The fourth-order valence-corrected chi connectivity index (χ4v) is 9.56. The number of fused-ring (bicyclic) bond motifs is 1. The third-order valence-corrected chi connectivity index (χ3v) is 13.0. The number of benzene rings is 2. The van der Waals surface area contributed by atoms with E-state index in [1.165, 1.54) is 41.9 Å². The van der Waals surface area contributed by atoms with Crippen LogP contribution >= 0.6 is 34.3 Å². The van der Waals surface area contributed by atoms with Gasteiger partial charge >= 0.3 is 12.1 Å². The first-order valence-electron chi connectivity index (χ1n) is 18.3. The summed E-state index contributed by atoms with van der Waals surface area (Å²) in [5.74, 6) is -0.246. The highest BCUT2D eigenvalue weighted by Crippen LogP contribution is 2.51. The molecular formula is C40H43ClN4O9S2. The molecule has 5 aromatic rings. The van der Waals surface area contributed by atoms with Crippen LogP contribution in [0.5, 0.6) is 11.5 Å². The predicted octanol–water partition coefficient (Wildman–Crippen LogP) is 6.11. The number of phenolic OH excluding ortho intramolecular Hbond substituents is 1. The van der Waals surface area contributed by atoms with E-state index in [0.717, 1.165) is 38.8 Å². The summed E-state index contributed by atoms with van der Waals surface area (Å²) in [6, 6.07) is 16.3. The van der Waals surface area contributed by atoms with Crippen LogP contribution in [0.15, 0.2) is 76.2 Å². The second-order valence-electron chi connectivity index (χ2n) is 14.3. The first-order chi connectivity index (χ1) is 27.0. The molecular weight excluding hydrogens is 780 g/mol. The third-order valence-electron chi connectivity index (χ3n) is 10.7. The standard InChI is InChI=1S/C40H43ClN4O9S2/c1-52-32-19-29(28(41)18-24(32)22-42-23-31(47)26-6-8-30(46)36-27(26)7-9-35(48)44-36)43-38(50)53-15-14-45-12-10-39(11-13-45)20-25(21-39)54-37(49)40(51,33-4-2-16-55-33)34-5-3-17-56-34/h2-9,16-19,25,31,42,46-47,51H,10-15,20-23H2,1H3,(H,43,50)(H,44,48)/t31-/m0/s1. The number of rotatable bonds is 14. The zero-order valence-corrected chi connectivity index (χ0v) is 33.0. The molecule has 296 valence electrons. The van der Waals surface area contributed by atoms with Crippen molar-refractivity contribution in [1.82, 2.24) is 15.2 Å². The molecule has 0 bridgehead atoms. The topological polar surface area (TPSA) is 183 Å². The van der Waals surface area contributed by atoms with E-state index >= 15 is 0 Å². The number of nitrogens with zero attached hydrogens (tertiary/aromatic N) is 1. The number of carbonyl (C=O) groups is 2. The predicted molar refractivity (Wildman–Crippen MR) is 215 cm³/mol. The summed E-state index contributed by atoms with van der Waals surface area (Å²) in [6.07, 6.45) is 1.59. The normalized spacial score (nSPS) is 16.4. The Bertz CT molecular complexity index is 2180. The fourth-order valence-electron chi connectivity index (χ4n) is 7.61. The minimum absolute atomic E-state index is 0.0863. The molecule has 3 aromatic heterocycles. The van der Waals surface area contributed by atoms with Crippen molar-refractivity contribution in [3.8, 4) is 11.5 Å². The van der Waals surface area contributed by atoms with Gasteiger partial charge in [-0.05, 0) is 90.8 Å². The highest BCUT2D eigenvalue weighted by molar-refractivity contribution is 7.12. The zero-order chi connectivity index (χ0) is 39.5. The van der Waals surface area contributed by atoms with Gasteiger partial charge in [-0.2, -0.15) is 0 Å². The van der Waals surface area contributed by atoms with Gasteiger partial charge < -0.3 is 39.8 Å². The number of carbonyl (C=O) groups excluding carboxylic acids is 2. The molecule has 6 N–H and O–H groups in total. The van der Waals surface area contributed by atoms with Crippen molar-refractivity contribution in [3.05, 3.63) is 108 Å². The molecule has 1 spiro atoms. The summed E-state index contributed by atoms with van der Waals surface area (Å²) in [4.78, 5) is 43.7. The molecule has 1 aliphatic heterocycles. The second-order valence-corrected chi connectivity index (χ2v) is 16.6. The number of aliphatic hydroxyl groups excluding tert-OH is 1. The number of esters is 1. The minimum atomic E-state index is -1.80. The molecule has 1 atom stereocenters. The Kier molecular flexibility index (Phi) is 12.0. The van der Waals surface area contributed by atoms with Gasteiger partial charge in [-0.25, -0.2) is 9.59 Å². The van der Waals surface area contributed by atoms with E-state index in [4.69, 9.17) is 25.8 Å². The van der Waals surface area contributed by atoms with E-state index in [1.807, 2.05) is 22.9 Å². The van der Waals surface area contributed by atoms with Crippen molar-refractivity contribution >= 4 is 62.9 Å². The summed E-state index contributed by atoms with van der Waals surface area (Å²) in [6.45, 7) is 2.87. The second kappa shape index (κ2) is 16.9. The van der Waals surface area contributed by atoms with Crippen LogP contribution in [0, 0.1) is 5.41 Å². The van der Waals surface area contributed by atoms with Crippen molar-refractivity contribution in [2.24, 2.45) is 5.41 Å². The van der Waals surface area contributed by atoms with Gasteiger partial charge in [-0.1, -0.05) is 29.8 Å². The number of nitrogens with one attached hydrogen (secondary N) is 3. The van der Waals surface area contributed by atoms with E-state index in [-0.39, 0.29) is 53.1 Å². The quantitative estimate of drug-likeness (QED) is 0.0711. The number of H-pyrrole nitrogens is 1. The third kappa shape index (κ3) is 8.44. The number of anilines is 1. The van der Waals surface area contributed by atoms with Gasteiger partial charge in [-0.15, -0.1) is 22.7 Å². The highest BCUT2D eigenvalue weighted by atomic mass is 35.5. The summed E-state index contributed by atoms with van der Waals surface area (Å²) in [7, 11) is 1.50. The lowest BCUT2D eigenvalue weighted by Crippen LogP contribution is -2.52. The number of thiophene rings is 2. The number of aliphatic hydroxyl groups is 2. The molecule has 0 unspecified atom stereocenters. The molecule has 56 heavy (non-hydrogen) atoms. The number of methoxy groups -OCH3 is 1. The highest BCUT2D eigenvalue weighted by Gasteiger charge is 2.51. The van der Waals surface area contributed by atoms with Crippen LogP contribution in [0.4, 0.5) is 10.5 Å². The van der Waals surface area contributed by atoms with Gasteiger partial charge in [0.2, 0.25) is 11.2 Å². The number of hydrogen-bond donors (Lipinski definition) is 6. The Morgan fingerprint density at radius 2 is 1.79 bits per heavy atom. The SMILES string of the molecule is COc1cc(NC(=O)OCCN2CCC3(CC2)CC(OC(=O)C(O)(c2cccs2)c2cccs2)C3)c(Cl)cc1CNC[C@H](O)c1ccc(O)c2[nH]c(=O)ccc12. The van der Waals surface area contributed by atoms with Crippen LogP contribution in [0.2, 0.25) is 5.02 Å². The monoisotopic (exact) mass is 822 g/mol. The van der Waals surface area contributed by atoms with E-state index in [0.29, 0.717) is 44.2 Å². The van der Waals surface area contributed by atoms with Crippen LogP contribution in [-0.4, -0.2) is 83.3 Å². The number of halogens is 1. The fraction of sp³-hybridized carbons (Fsp3) is 0.375. The maximum atomic E-state index is 13.3. The number of aromatic amines is 1. The Morgan fingerprint density at radius 1 is 1.07 bits per heavy atom. The number of aromatic hydroxyl groups is 1. The van der Waals surface area contributed by atoms with Gasteiger partial charge in [-0.3, -0.25) is 15.0 Å². The molecule has 1 amide bonds. The van der Waals surface area contributed by atoms with Crippen molar-refractivity contribution in [2.45, 2.75) is 50.0 Å². The molecule has 1 saturated heterocycles. The van der Waals surface area contributed by atoms with E-state index in [1.54, 1.807) is 36.4 Å². The van der Waals surface area contributed by atoms with Crippen LogP contribution in [0.1, 0.15) is 52.7 Å². The molecule has 4 heterocycles. The average Bonchev–Trinajstić information content (AvgIpc) is 3.93. The number of phenols is 1. The Balaban J connectivity index is 0.834. The van der Waals surface area contributed by atoms with Crippen molar-refractivity contribution in [1.29, 1.82) is 0 Å². The van der Waals surface area contributed by atoms with Crippen molar-refractivity contribution in [2.75, 3.05) is 45.2 Å². The van der Waals surface area contributed by atoms with Gasteiger partial charge in [0.1, 0.15) is 24.2 Å². The van der Waals surface area contributed by atoms with E-state index in [9.17, 15) is 29.7 Å². The summed E-state index contributed by atoms with van der Waals surface area (Å²) in [5, 5.41) is 42.9. The Labute approximate surface area is 335 Å². The summed E-state index contributed by atoms with van der Waals surface area (Å²) < 4.78 is 16.9. The van der Waals surface area contributed by atoms with Gasteiger partial charge in [0.25, 0.3) is 0 Å². The first kappa shape index (κ1) is 39.7. The number of amides is 1. The number of hydrogen-bond acceptors (Lipinski definition) is 13. The molecule has 2 aliphatic rings. The van der Waals surface area contributed by atoms with E-state index in [2.05, 4.69) is 20.5 Å². The van der Waals surface area contributed by atoms with Crippen LogP contribution in [0.3, 0.4) is 0 Å². The summed E-state index contributed by atoms with van der Waals surface area (Å²) >= 11 is 9.20. The van der Waals surface area contributed by atoms with Crippen LogP contribution < -0.4 is 20.9 Å².